The van der Waals surface area contributed by atoms with Gasteiger partial charge >= 0.3 is 18.1 Å². The van der Waals surface area contributed by atoms with Gasteiger partial charge in [0.15, 0.2) is 0 Å². The molecule has 2 saturated heterocycles. The largest absolute Gasteiger partial charge is 0.547 e. The van der Waals surface area contributed by atoms with Gasteiger partial charge in [0.25, 0.3) is 0 Å². The Morgan fingerprint density at radius 2 is 0.833 bits per heavy atom. The molecule has 9 nitrogen and oxygen atoms in total. The summed E-state index contributed by atoms with van der Waals surface area (Å²) in [7, 11) is 0. The fraction of sp³-hybridized carbons (Fsp3) is 0.545. The molecule has 4 rings (SSSR count). The lowest BCUT2D eigenvalue weighted by Crippen LogP contribution is -2.64. The Kier molecular flexibility index (Phi) is 8.77. The number of rotatable bonds is 6. The summed E-state index contributed by atoms with van der Waals surface area (Å²) in [5, 5.41) is 3.31. The first-order valence-corrected chi connectivity index (χ1v) is 14.5. The Hall–Kier alpha value is -3.43. The number of piperidine rings is 2. The van der Waals surface area contributed by atoms with E-state index in [1.54, 1.807) is 58.7 Å². The van der Waals surface area contributed by atoms with Crippen LogP contribution in [0, 0.1) is 0 Å². The van der Waals surface area contributed by atoms with E-state index >= 15 is 0 Å². The molecular formula is C33H44N2O7. The van der Waals surface area contributed by atoms with Crippen LogP contribution in [-0.4, -0.2) is 62.6 Å². The van der Waals surface area contributed by atoms with Gasteiger partial charge in [-0.05, 0) is 79.7 Å². The van der Waals surface area contributed by atoms with Crippen molar-refractivity contribution in [3.8, 4) is 0 Å². The number of benzene rings is 2. The topological polar surface area (TPSA) is 94.6 Å². The Morgan fingerprint density at radius 1 is 0.548 bits per heavy atom. The molecule has 0 amide bonds. The second-order valence-corrected chi connectivity index (χ2v) is 13.9. The fourth-order valence-electron chi connectivity index (χ4n) is 6.76. The van der Waals surface area contributed by atoms with Crippen LogP contribution >= 0.6 is 0 Å². The minimum atomic E-state index is -0.850. The van der Waals surface area contributed by atoms with Crippen LogP contribution < -0.4 is 0 Å². The second-order valence-electron chi connectivity index (χ2n) is 13.9. The van der Waals surface area contributed by atoms with Crippen LogP contribution in [0.5, 0.6) is 0 Å². The van der Waals surface area contributed by atoms with Crippen molar-refractivity contribution in [3.05, 3.63) is 71.8 Å². The van der Waals surface area contributed by atoms with Gasteiger partial charge in [0, 0.05) is 25.7 Å². The van der Waals surface area contributed by atoms with Crippen LogP contribution in [0.3, 0.4) is 0 Å². The maximum absolute atomic E-state index is 13.3. The van der Waals surface area contributed by atoms with E-state index in [1.165, 1.54) is 0 Å². The highest BCUT2D eigenvalue weighted by Gasteiger charge is 2.52. The average molecular weight is 581 g/mol. The first kappa shape index (κ1) is 31.5. The molecule has 0 saturated carbocycles. The number of esters is 2. The summed E-state index contributed by atoms with van der Waals surface area (Å²) in [5.41, 5.74) is -1.59. The van der Waals surface area contributed by atoms with Gasteiger partial charge in [0.05, 0.1) is 33.3 Å². The highest BCUT2D eigenvalue weighted by atomic mass is 16.9. The van der Waals surface area contributed by atoms with Crippen LogP contribution in [0.4, 0.5) is 4.79 Å². The van der Waals surface area contributed by atoms with Crippen molar-refractivity contribution in [2.24, 2.45) is 0 Å². The molecular weight excluding hydrogens is 536 g/mol. The zero-order chi connectivity index (χ0) is 30.9. The number of carbonyl (C=O) groups is 3. The number of carbonyl (C=O) groups excluding carboxylic acids is 3. The molecule has 42 heavy (non-hydrogen) atoms. The molecule has 2 aromatic carbocycles. The lowest BCUT2D eigenvalue weighted by molar-refractivity contribution is -0.309. The van der Waals surface area contributed by atoms with Gasteiger partial charge in [0.2, 0.25) is 0 Å². The molecule has 0 bridgehead atoms. The maximum Gasteiger partial charge on any atom is 0.547 e. The zero-order valence-electron chi connectivity index (χ0n) is 26.0. The van der Waals surface area contributed by atoms with Gasteiger partial charge in [-0.15, -0.1) is 10.1 Å². The van der Waals surface area contributed by atoms with E-state index in [-0.39, 0.29) is 24.1 Å². The van der Waals surface area contributed by atoms with Crippen LogP contribution in [0.1, 0.15) is 102 Å². The maximum atomic E-state index is 13.3. The SMILES string of the molecule is CC1(C)CC(OC(=O)c2ccccc2)CC(C)(C)N1OC(=O)ON1C(C)(C)CC(OC(=O)c2ccccc2)CC1(C)C. The van der Waals surface area contributed by atoms with E-state index in [0.717, 1.165) is 0 Å². The summed E-state index contributed by atoms with van der Waals surface area (Å²) in [4.78, 5) is 50.6. The van der Waals surface area contributed by atoms with E-state index in [4.69, 9.17) is 19.1 Å². The van der Waals surface area contributed by atoms with Crippen LogP contribution in [-0.2, 0) is 19.1 Å². The van der Waals surface area contributed by atoms with Crippen LogP contribution in [0.2, 0.25) is 0 Å². The molecule has 0 atom stereocenters. The van der Waals surface area contributed by atoms with Crippen LogP contribution in [0.25, 0.3) is 0 Å². The first-order chi connectivity index (χ1) is 19.5. The lowest BCUT2D eigenvalue weighted by Gasteiger charge is -2.53. The smallest absolute Gasteiger partial charge is 0.459 e. The molecule has 2 aromatic rings. The van der Waals surface area contributed by atoms with Crippen LogP contribution in [0.15, 0.2) is 60.7 Å². The van der Waals surface area contributed by atoms with Gasteiger partial charge in [-0.2, -0.15) is 4.79 Å². The van der Waals surface area contributed by atoms with E-state index in [9.17, 15) is 14.4 Å². The molecule has 2 fully saturated rings. The summed E-state index contributed by atoms with van der Waals surface area (Å²) in [6.07, 6.45) is 0.323. The lowest BCUT2D eigenvalue weighted by atomic mass is 9.80. The molecule has 0 spiro atoms. The van der Waals surface area contributed by atoms with Crippen molar-refractivity contribution < 1.29 is 33.5 Å². The third-order valence-electron chi connectivity index (χ3n) is 8.01. The molecule has 0 aromatic heterocycles. The van der Waals surface area contributed by atoms with E-state index in [0.29, 0.717) is 36.8 Å². The van der Waals surface area contributed by atoms with Crippen molar-refractivity contribution in [2.75, 3.05) is 0 Å². The van der Waals surface area contributed by atoms with Crippen molar-refractivity contribution in [2.45, 2.75) is 115 Å². The molecule has 2 aliphatic heterocycles. The van der Waals surface area contributed by atoms with Crippen molar-refractivity contribution in [3.63, 3.8) is 0 Å². The van der Waals surface area contributed by atoms with Gasteiger partial charge in [-0.1, -0.05) is 36.4 Å². The van der Waals surface area contributed by atoms with Crippen molar-refractivity contribution in [1.29, 1.82) is 0 Å². The van der Waals surface area contributed by atoms with Gasteiger partial charge in [-0.3, -0.25) is 0 Å². The number of ether oxygens (including phenoxy) is 2. The second kappa shape index (κ2) is 11.7. The molecule has 2 heterocycles. The minimum absolute atomic E-state index is 0.353. The number of hydroxylamine groups is 4. The van der Waals surface area contributed by atoms with Gasteiger partial charge in [0.1, 0.15) is 12.2 Å². The predicted octanol–water partition coefficient (Wildman–Crippen LogP) is 6.73. The molecule has 0 radical (unpaired) electrons. The average Bonchev–Trinajstić information content (AvgIpc) is 2.88. The fourth-order valence-corrected chi connectivity index (χ4v) is 6.76. The normalized spacial score (nSPS) is 22.1. The quantitative estimate of drug-likeness (QED) is 0.345. The minimum Gasteiger partial charge on any atom is -0.459 e. The molecule has 9 heteroatoms. The third-order valence-corrected chi connectivity index (χ3v) is 8.01. The standard InChI is InChI=1S/C33H44N2O7/c1-30(2)19-25(39-27(36)23-15-11-9-12-16-23)20-31(3,4)34(30)41-29(38)42-35-32(5,6)21-26(22-33(35,7)8)40-28(37)24-17-13-10-14-18-24/h9-18,25-26H,19-22H2,1-8H3. The highest BCUT2D eigenvalue weighted by Crippen LogP contribution is 2.42. The summed E-state index contributed by atoms with van der Waals surface area (Å²) in [6, 6.07) is 17.8. The first-order valence-electron chi connectivity index (χ1n) is 14.5. The van der Waals surface area contributed by atoms with E-state index < -0.39 is 28.3 Å². The predicted molar refractivity (Wildman–Crippen MR) is 157 cm³/mol. The van der Waals surface area contributed by atoms with Gasteiger partial charge < -0.3 is 19.1 Å². The molecule has 0 aliphatic carbocycles. The molecule has 228 valence electrons. The number of nitrogens with zero attached hydrogens (tertiary/aromatic N) is 2. The Labute approximate surface area is 249 Å². The highest BCUT2D eigenvalue weighted by molar-refractivity contribution is 5.89. The molecule has 0 unspecified atom stereocenters. The number of hydrogen-bond donors (Lipinski definition) is 0. The summed E-state index contributed by atoms with van der Waals surface area (Å²) < 4.78 is 11.7. The number of hydrogen-bond acceptors (Lipinski definition) is 9. The third kappa shape index (κ3) is 7.13. The van der Waals surface area contributed by atoms with Crippen molar-refractivity contribution in [1.82, 2.24) is 10.1 Å². The summed E-state index contributed by atoms with van der Waals surface area (Å²) in [5.74, 6) is -0.744. The molecule has 0 N–H and O–H groups in total. The van der Waals surface area contributed by atoms with Crippen molar-refractivity contribution >= 4 is 18.1 Å². The molecule has 2 aliphatic rings. The van der Waals surface area contributed by atoms with Gasteiger partial charge in [-0.25, -0.2) is 9.59 Å². The summed E-state index contributed by atoms with van der Waals surface area (Å²) >= 11 is 0. The summed E-state index contributed by atoms with van der Waals surface area (Å²) in [6.45, 7) is 15.6. The van der Waals surface area contributed by atoms with E-state index in [2.05, 4.69) is 0 Å². The Morgan fingerprint density at radius 3 is 1.12 bits per heavy atom. The van der Waals surface area contributed by atoms with E-state index in [1.807, 2.05) is 67.5 Å². The Bertz CT molecular complexity index is 1140. The monoisotopic (exact) mass is 580 g/mol. The Balaban J connectivity index is 1.39. The zero-order valence-corrected chi connectivity index (χ0v) is 26.0.